The van der Waals surface area contributed by atoms with Crippen LogP contribution in [0.25, 0.3) is 0 Å². The van der Waals surface area contributed by atoms with E-state index < -0.39 is 5.97 Å². The van der Waals surface area contributed by atoms with E-state index in [1.807, 2.05) is 0 Å². The monoisotopic (exact) mass is 343 g/mol. The second-order valence-electron chi connectivity index (χ2n) is 5.42. The van der Waals surface area contributed by atoms with Crippen LogP contribution in [0.1, 0.15) is 49.1 Å². The molecule has 1 saturated carbocycles. The van der Waals surface area contributed by atoms with Gasteiger partial charge in [0.2, 0.25) is 0 Å². The first-order chi connectivity index (χ1) is 9.51. The van der Waals surface area contributed by atoms with E-state index in [0.717, 1.165) is 32.1 Å². The Kier molecular flexibility index (Phi) is 4.86. The molecule has 2 rings (SSSR count). The predicted molar refractivity (Wildman–Crippen MR) is 76.5 cm³/mol. The molecule has 1 aromatic heterocycles. The summed E-state index contributed by atoms with van der Waals surface area (Å²) >= 11 is 3.15. The summed E-state index contributed by atoms with van der Waals surface area (Å²) < 4.78 is 5.69. The summed E-state index contributed by atoms with van der Waals surface area (Å²) in [6.45, 7) is 0.385. The van der Waals surface area contributed by atoms with Gasteiger partial charge in [-0.1, -0.05) is 19.3 Å². The van der Waals surface area contributed by atoms with Crippen LogP contribution in [0.15, 0.2) is 21.2 Å². The fraction of sp³-hybridized carbons (Fsp3) is 0.571. The topological polar surface area (TPSA) is 79.5 Å². The molecule has 5 nitrogen and oxygen atoms in total. The van der Waals surface area contributed by atoms with Crippen LogP contribution in [0.5, 0.6) is 0 Å². The second-order valence-corrected chi connectivity index (χ2v) is 6.20. The summed E-state index contributed by atoms with van der Waals surface area (Å²) in [5.41, 5.74) is -0.316. The number of rotatable bonds is 5. The number of halogens is 1. The van der Waals surface area contributed by atoms with Gasteiger partial charge < -0.3 is 14.8 Å². The fourth-order valence-corrected chi connectivity index (χ4v) is 3.14. The molecule has 0 atom stereocenters. The van der Waals surface area contributed by atoms with Crippen molar-refractivity contribution in [2.75, 3.05) is 6.54 Å². The lowest BCUT2D eigenvalue weighted by Crippen LogP contribution is -2.40. The maximum atomic E-state index is 12.0. The van der Waals surface area contributed by atoms with Crippen LogP contribution in [0.3, 0.4) is 0 Å². The Balaban J connectivity index is 1.97. The van der Waals surface area contributed by atoms with Crippen molar-refractivity contribution in [2.24, 2.45) is 5.41 Å². The summed E-state index contributed by atoms with van der Waals surface area (Å²) in [7, 11) is 0. The predicted octanol–water partition coefficient (Wildman–Crippen LogP) is 3.20. The highest BCUT2D eigenvalue weighted by atomic mass is 79.9. The normalized spacial score (nSPS) is 17.6. The molecule has 0 aliphatic heterocycles. The van der Waals surface area contributed by atoms with Gasteiger partial charge in [0, 0.05) is 6.54 Å². The summed E-state index contributed by atoms with van der Waals surface area (Å²) in [5, 5.41) is 11.9. The van der Waals surface area contributed by atoms with E-state index >= 15 is 0 Å². The highest BCUT2D eigenvalue weighted by molar-refractivity contribution is 9.10. The highest BCUT2D eigenvalue weighted by Gasteiger charge is 2.35. The molecule has 0 saturated heterocycles. The number of carboxylic acids is 1. The molecule has 1 amide bonds. The van der Waals surface area contributed by atoms with Crippen molar-refractivity contribution in [1.82, 2.24) is 5.32 Å². The lowest BCUT2D eigenvalue weighted by atomic mass is 9.71. The van der Waals surface area contributed by atoms with Gasteiger partial charge in [0.1, 0.15) is 0 Å². The number of carbonyl (C=O) groups excluding carboxylic acids is 1. The third kappa shape index (κ3) is 3.85. The zero-order valence-electron chi connectivity index (χ0n) is 11.2. The minimum Gasteiger partial charge on any atom is -0.481 e. The summed E-state index contributed by atoms with van der Waals surface area (Å²) in [4.78, 5) is 23.0. The lowest BCUT2D eigenvalue weighted by Gasteiger charge is -2.36. The maximum absolute atomic E-state index is 12.0. The Morgan fingerprint density at radius 3 is 2.55 bits per heavy atom. The Hall–Kier alpha value is -1.30. The maximum Gasteiger partial charge on any atom is 0.303 e. The highest BCUT2D eigenvalue weighted by Crippen LogP contribution is 2.38. The van der Waals surface area contributed by atoms with Crippen molar-refractivity contribution in [2.45, 2.75) is 38.5 Å². The van der Waals surface area contributed by atoms with E-state index in [-0.39, 0.29) is 23.5 Å². The van der Waals surface area contributed by atoms with Crippen LogP contribution in [0.2, 0.25) is 0 Å². The average molecular weight is 344 g/mol. The van der Waals surface area contributed by atoms with Gasteiger partial charge in [-0.2, -0.15) is 0 Å². The molecule has 1 aromatic rings. The van der Waals surface area contributed by atoms with Gasteiger partial charge >= 0.3 is 5.97 Å². The fourth-order valence-electron chi connectivity index (χ4n) is 2.83. The molecule has 0 bridgehead atoms. The van der Waals surface area contributed by atoms with Gasteiger partial charge in [-0.15, -0.1) is 0 Å². The molecule has 110 valence electrons. The average Bonchev–Trinajstić information content (AvgIpc) is 2.83. The van der Waals surface area contributed by atoms with Gasteiger partial charge in [-0.25, -0.2) is 0 Å². The molecule has 1 fully saturated rings. The quantitative estimate of drug-likeness (QED) is 0.860. The zero-order chi connectivity index (χ0) is 14.6. The van der Waals surface area contributed by atoms with E-state index in [1.54, 1.807) is 12.1 Å². The third-order valence-corrected chi connectivity index (χ3v) is 4.29. The van der Waals surface area contributed by atoms with Gasteiger partial charge in [-0.05, 0) is 46.3 Å². The smallest absolute Gasteiger partial charge is 0.303 e. The number of carbonyl (C=O) groups is 2. The van der Waals surface area contributed by atoms with Crippen molar-refractivity contribution >= 4 is 27.8 Å². The number of hydrogen-bond acceptors (Lipinski definition) is 3. The Labute approximate surface area is 125 Å². The molecule has 0 aromatic carbocycles. The zero-order valence-corrected chi connectivity index (χ0v) is 12.7. The Morgan fingerprint density at radius 1 is 1.30 bits per heavy atom. The molecular formula is C14H18BrNO4. The molecule has 1 aliphatic rings. The first-order valence-electron chi connectivity index (χ1n) is 6.76. The first kappa shape index (κ1) is 15.1. The number of aliphatic carboxylic acids is 1. The van der Waals surface area contributed by atoms with Crippen LogP contribution in [0.4, 0.5) is 0 Å². The van der Waals surface area contributed by atoms with Crippen molar-refractivity contribution in [3.05, 3.63) is 22.6 Å². The molecule has 0 unspecified atom stereocenters. The third-order valence-electron chi connectivity index (χ3n) is 3.86. The van der Waals surface area contributed by atoms with E-state index in [4.69, 9.17) is 9.52 Å². The summed E-state index contributed by atoms with van der Waals surface area (Å²) in [6.07, 6.45) is 4.99. The summed E-state index contributed by atoms with van der Waals surface area (Å²) in [6, 6.07) is 3.24. The Bertz CT molecular complexity index is 491. The molecule has 1 heterocycles. The number of hydrogen-bond donors (Lipinski definition) is 2. The second kappa shape index (κ2) is 6.43. The molecule has 1 aliphatic carbocycles. The SMILES string of the molecule is O=C(O)CC1(CNC(=O)c2ccc(Br)o2)CCCCC1. The standard InChI is InChI=1S/C14H18BrNO4/c15-11-5-4-10(20-11)13(19)16-9-14(8-12(17)18)6-2-1-3-7-14/h4-5H,1-3,6-9H2,(H,16,19)(H,17,18). The van der Waals surface area contributed by atoms with E-state index in [9.17, 15) is 9.59 Å². The van der Waals surface area contributed by atoms with Crippen LogP contribution in [-0.2, 0) is 4.79 Å². The molecule has 6 heteroatoms. The van der Waals surface area contributed by atoms with Crippen molar-refractivity contribution in [3.63, 3.8) is 0 Å². The molecule has 20 heavy (non-hydrogen) atoms. The molecule has 2 N–H and O–H groups in total. The van der Waals surface area contributed by atoms with Gasteiger partial charge in [0.25, 0.3) is 5.91 Å². The minimum atomic E-state index is -0.804. The van der Waals surface area contributed by atoms with Crippen molar-refractivity contribution in [3.8, 4) is 0 Å². The van der Waals surface area contributed by atoms with Crippen LogP contribution < -0.4 is 5.32 Å². The number of nitrogens with one attached hydrogen (secondary N) is 1. The lowest BCUT2D eigenvalue weighted by molar-refractivity contribution is -0.140. The number of furan rings is 1. The van der Waals surface area contributed by atoms with Crippen LogP contribution in [-0.4, -0.2) is 23.5 Å². The van der Waals surface area contributed by atoms with Gasteiger partial charge in [0.15, 0.2) is 10.4 Å². The van der Waals surface area contributed by atoms with Crippen molar-refractivity contribution < 1.29 is 19.1 Å². The van der Waals surface area contributed by atoms with E-state index in [1.165, 1.54) is 0 Å². The Morgan fingerprint density at radius 2 is 2.00 bits per heavy atom. The van der Waals surface area contributed by atoms with E-state index in [0.29, 0.717) is 11.2 Å². The largest absolute Gasteiger partial charge is 0.481 e. The summed E-state index contributed by atoms with van der Waals surface area (Å²) in [5.74, 6) is -0.869. The van der Waals surface area contributed by atoms with Gasteiger partial charge in [0.05, 0.1) is 6.42 Å². The number of amides is 1. The van der Waals surface area contributed by atoms with Crippen molar-refractivity contribution in [1.29, 1.82) is 0 Å². The molecule has 0 spiro atoms. The molecule has 0 radical (unpaired) electrons. The molecular weight excluding hydrogens is 326 g/mol. The van der Waals surface area contributed by atoms with Crippen LogP contribution in [0, 0.1) is 5.41 Å². The number of carboxylic acid groups (broad SMARTS) is 1. The van der Waals surface area contributed by atoms with Crippen LogP contribution >= 0.6 is 15.9 Å². The minimum absolute atomic E-state index is 0.106. The first-order valence-corrected chi connectivity index (χ1v) is 7.55. The van der Waals surface area contributed by atoms with E-state index in [2.05, 4.69) is 21.2 Å². The van der Waals surface area contributed by atoms with Gasteiger partial charge in [-0.3, -0.25) is 9.59 Å².